The van der Waals surface area contributed by atoms with Gasteiger partial charge in [-0.2, -0.15) is 5.21 Å². The minimum Gasteiger partial charge on any atom is -0.488 e. The number of benzene rings is 2. The van der Waals surface area contributed by atoms with E-state index in [0.29, 0.717) is 30.6 Å². The van der Waals surface area contributed by atoms with Crippen molar-refractivity contribution in [3.63, 3.8) is 0 Å². The standard InChI is InChI=1S/C26H30N6O/c1-16(2)13-23-21(14-27)25(19-11-9-17(3)10-12-19)22(18(4)28-23)15-33-24-8-6-5-7-20(24)26-29-31-32-30-26/h5-12,16H,13-15,27H2,1-4H3,(H,29,30,31,32). The van der Waals surface area contributed by atoms with Gasteiger partial charge in [0.25, 0.3) is 0 Å². The first-order valence-corrected chi connectivity index (χ1v) is 11.2. The van der Waals surface area contributed by atoms with Gasteiger partial charge in [-0.1, -0.05) is 55.8 Å². The Morgan fingerprint density at radius 1 is 1.00 bits per heavy atom. The maximum Gasteiger partial charge on any atom is 0.208 e. The summed E-state index contributed by atoms with van der Waals surface area (Å²) in [6.45, 7) is 9.32. The zero-order chi connectivity index (χ0) is 23.4. The fourth-order valence-electron chi connectivity index (χ4n) is 4.07. The second-order valence-corrected chi connectivity index (χ2v) is 8.66. The molecular weight excluding hydrogens is 412 g/mol. The Morgan fingerprint density at radius 3 is 2.42 bits per heavy atom. The second kappa shape index (κ2) is 9.92. The van der Waals surface area contributed by atoms with Crippen LogP contribution in [0.5, 0.6) is 5.75 Å². The summed E-state index contributed by atoms with van der Waals surface area (Å²) in [4.78, 5) is 4.97. The van der Waals surface area contributed by atoms with Crippen molar-refractivity contribution in [2.75, 3.05) is 0 Å². The van der Waals surface area contributed by atoms with E-state index in [1.165, 1.54) is 5.56 Å². The first-order chi connectivity index (χ1) is 16.0. The highest BCUT2D eigenvalue weighted by Gasteiger charge is 2.20. The number of tetrazole rings is 1. The summed E-state index contributed by atoms with van der Waals surface area (Å²) in [5.41, 5.74) is 14.7. The molecule has 0 bridgehead atoms. The van der Waals surface area contributed by atoms with Crippen molar-refractivity contribution in [1.82, 2.24) is 25.6 Å². The van der Waals surface area contributed by atoms with Crippen molar-refractivity contribution in [3.05, 3.63) is 76.6 Å². The van der Waals surface area contributed by atoms with Crippen molar-refractivity contribution < 1.29 is 4.74 Å². The summed E-state index contributed by atoms with van der Waals surface area (Å²) in [6, 6.07) is 16.3. The van der Waals surface area contributed by atoms with Gasteiger partial charge in [0.05, 0.1) is 5.56 Å². The van der Waals surface area contributed by atoms with E-state index in [-0.39, 0.29) is 0 Å². The molecule has 0 aliphatic heterocycles. The molecule has 2 aromatic heterocycles. The third-order valence-electron chi connectivity index (χ3n) is 5.68. The van der Waals surface area contributed by atoms with Gasteiger partial charge in [0, 0.05) is 23.5 Å². The van der Waals surface area contributed by atoms with Crippen molar-refractivity contribution in [1.29, 1.82) is 0 Å². The molecule has 0 radical (unpaired) electrons. The molecule has 4 aromatic rings. The maximum absolute atomic E-state index is 6.33. The van der Waals surface area contributed by atoms with Gasteiger partial charge >= 0.3 is 0 Å². The average Bonchev–Trinajstić information content (AvgIpc) is 3.33. The highest BCUT2D eigenvalue weighted by atomic mass is 16.5. The molecule has 0 spiro atoms. The van der Waals surface area contributed by atoms with Crippen molar-refractivity contribution >= 4 is 0 Å². The van der Waals surface area contributed by atoms with Crippen LogP contribution >= 0.6 is 0 Å². The second-order valence-electron chi connectivity index (χ2n) is 8.66. The highest BCUT2D eigenvalue weighted by molar-refractivity contribution is 5.73. The molecule has 170 valence electrons. The van der Waals surface area contributed by atoms with Crippen LogP contribution in [0.1, 0.15) is 41.9 Å². The van der Waals surface area contributed by atoms with Gasteiger partial charge in [0.1, 0.15) is 12.4 Å². The first kappa shape index (κ1) is 22.6. The molecule has 0 unspecified atom stereocenters. The van der Waals surface area contributed by atoms with Crippen molar-refractivity contribution in [2.45, 2.75) is 47.3 Å². The fourth-order valence-corrected chi connectivity index (χ4v) is 4.07. The van der Waals surface area contributed by atoms with Crippen molar-refractivity contribution in [3.8, 4) is 28.3 Å². The molecule has 0 saturated heterocycles. The number of aromatic nitrogens is 5. The lowest BCUT2D eigenvalue weighted by atomic mass is 9.90. The van der Waals surface area contributed by atoms with Gasteiger partial charge in [-0.15, -0.1) is 10.2 Å². The van der Waals surface area contributed by atoms with Crippen molar-refractivity contribution in [2.24, 2.45) is 11.7 Å². The molecule has 7 nitrogen and oxygen atoms in total. The quantitative estimate of drug-likeness (QED) is 0.407. The lowest BCUT2D eigenvalue weighted by molar-refractivity contribution is 0.306. The monoisotopic (exact) mass is 442 g/mol. The lowest BCUT2D eigenvalue weighted by Crippen LogP contribution is -2.14. The number of H-pyrrole nitrogens is 1. The fraction of sp³-hybridized carbons (Fsp3) is 0.308. The molecule has 2 heterocycles. The summed E-state index contributed by atoms with van der Waals surface area (Å²) < 4.78 is 6.33. The molecular formula is C26H30N6O. The van der Waals surface area contributed by atoms with Crippen LogP contribution in [0.25, 0.3) is 22.5 Å². The van der Waals surface area contributed by atoms with Crippen LogP contribution in [0.2, 0.25) is 0 Å². The third kappa shape index (κ3) is 4.93. The zero-order valence-corrected chi connectivity index (χ0v) is 19.6. The topological polar surface area (TPSA) is 103 Å². The Morgan fingerprint density at radius 2 is 1.76 bits per heavy atom. The molecule has 0 atom stereocenters. The van der Waals surface area contributed by atoms with E-state index < -0.39 is 0 Å². The van der Waals surface area contributed by atoms with E-state index in [4.69, 9.17) is 15.5 Å². The Labute approximate surface area is 194 Å². The van der Waals surface area contributed by atoms with Crippen LogP contribution in [-0.4, -0.2) is 25.6 Å². The van der Waals surface area contributed by atoms with Crippen LogP contribution in [0.3, 0.4) is 0 Å². The van der Waals surface area contributed by atoms with Crippen LogP contribution in [-0.2, 0) is 19.6 Å². The van der Waals surface area contributed by atoms with Gasteiger partial charge in [0.15, 0.2) is 0 Å². The lowest BCUT2D eigenvalue weighted by Gasteiger charge is -2.21. The zero-order valence-electron chi connectivity index (χ0n) is 19.6. The SMILES string of the molecule is Cc1ccc(-c2c(COc3ccccc3-c3nn[nH]n3)c(C)nc(CC(C)C)c2CN)cc1. The Hall–Kier alpha value is -3.58. The molecule has 0 amide bonds. The summed E-state index contributed by atoms with van der Waals surface area (Å²) in [5, 5.41) is 14.4. The summed E-state index contributed by atoms with van der Waals surface area (Å²) in [6.07, 6.45) is 0.883. The summed E-state index contributed by atoms with van der Waals surface area (Å²) in [7, 11) is 0. The van der Waals surface area contributed by atoms with E-state index in [0.717, 1.165) is 45.6 Å². The van der Waals surface area contributed by atoms with Gasteiger partial charge in [-0.25, -0.2) is 0 Å². The largest absolute Gasteiger partial charge is 0.488 e. The number of rotatable bonds is 8. The number of hydrogen-bond donors (Lipinski definition) is 2. The number of nitrogens with zero attached hydrogens (tertiary/aromatic N) is 4. The first-order valence-electron chi connectivity index (χ1n) is 11.2. The van der Waals surface area contributed by atoms with E-state index in [1.807, 2.05) is 31.2 Å². The number of aryl methyl sites for hydroxylation is 2. The van der Waals surface area contributed by atoms with Gasteiger partial charge in [0.2, 0.25) is 5.82 Å². The molecule has 33 heavy (non-hydrogen) atoms. The van der Waals surface area contributed by atoms with Gasteiger partial charge in [-0.05, 0) is 60.2 Å². The predicted molar refractivity (Wildman–Crippen MR) is 130 cm³/mol. The number of pyridine rings is 1. The number of nitrogens with two attached hydrogens (primary N) is 1. The predicted octanol–water partition coefficient (Wildman–Crippen LogP) is 4.78. The normalized spacial score (nSPS) is 11.2. The van der Waals surface area contributed by atoms with Crippen LogP contribution in [0.4, 0.5) is 0 Å². The number of aromatic amines is 1. The number of nitrogens with one attached hydrogen (secondary N) is 1. The third-order valence-corrected chi connectivity index (χ3v) is 5.68. The minimum absolute atomic E-state index is 0.353. The summed E-state index contributed by atoms with van der Waals surface area (Å²) in [5.74, 6) is 1.67. The van der Waals surface area contributed by atoms with Gasteiger partial charge < -0.3 is 10.5 Å². The number of para-hydroxylation sites is 1. The Bertz CT molecular complexity index is 1220. The number of ether oxygens (including phenoxy) is 1. The van der Waals surface area contributed by atoms with E-state index in [2.05, 4.69) is 65.7 Å². The average molecular weight is 443 g/mol. The molecule has 0 aliphatic carbocycles. The van der Waals surface area contributed by atoms with E-state index in [9.17, 15) is 0 Å². The molecule has 0 aliphatic rings. The van der Waals surface area contributed by atoms with Crippen LogP contribution in [0, 0.1) is 19.8 Å². The van der Waals surface area contributed by atoms with Gasteiger partial charge in [-0.3, -0.25) is 4.98 Å². The molecule has 0 saturated carbocycles. The minimum atomic E-state index is 0.353. The van der Waals surface area contributed by atoms with E-state index >= 15 is 0 Å². The molecule has 3 N–H and O–H groups in total. The smallest absolute Gasteiger partial charge is 0.208 e. The maximum atomic E-state index is 6.33. The molecule has 4 rings (SSSR count). The van der Waals surface area contributed by atoms with Crippen LogP contribution < -0.4 is 10.5 Å². The Kier molecular flexibility index (Phi) is 6.79. The highest BCUT2D eigenvalue weighted by Crippen LogP contribution is 2.34. The molecule has 7 heteroatoms. The summed E-state index contributed by atoms with van der Waals surface area (Å²) >= 11 is 0. The molecule has 2 aromatic carbocycles. The van der Waals surface area contributed by atoms with Crippen LogP contribution in [0.15, 0.2) is 48.5 Å². The molecule has 0 fully saturated rings. The Balaban J connectivity index is 1.79. The number of hydrogen-bond acceptors (Lipinski definition) is 6. The van der Waals surface area contributed by atoms with E-state index in [1.54, 1.807) is 0 Å².